The van der Waals surface area contributed by atoms with E-state index >= 15 is 0 Å². The molecule has 0 unspecified atom stereocenters. The Labute approximate surface area is 346 Å². The van der Waals surface area contributed by atoms with Gasteiger partial charge in [-0.15, -0.1) is 0 Å². The number of methoxy groups -OCH3 is 1. The smallest absolute Gasteiger partial charge is 0.192 e. The molecule has 3 aliphatic rings. The number of fused-ring (bicyclic) bond motifs is 1. The van der Waals surface area contributed by atoms with E-state index in [0.717, 1.165) is 27.8 Å². The summed E-state index contributed by atoms with van der Waals surface area (Å²) in [5, 5.41) is 0. The van der Waals surface area contributed by atoms with E-state index in [1.807, 2.05) is 152 Å². The highest BCUT2D eigenvalue weighted by Gasteiger charge is 2.54. The average molecular weight is 801 g/mol. The zero-order valence-electron chi connectivity index (χ0n) is 33.2. The van der Waals surface area contributed by atoms with Crippen molar-refractivity contribution in [2.24, 2.45) is 5.92 Å². The van der Waals surface area contributed by atoms with Gasteiger partial charge in [0.05, 0.1) is 45.7 Å². The van der Waals surface area contributed by atoms with Crippen LogP contribution in [0.3, 0.4) is 0 Å². The molecule has 308 valence electrons. The first-order valence-electron chi connectivity index (χ1n) is 20.4. The van der Waals surface area contributed by atoms with E-state index in [4.69, 9.17) is 42.6 Å². The average Bonchev–Trinajstić information content (AvgIpc) is 3.29. The van der Waals surface area contributed by atoms with Crippen molar-refractivity contribution in [1.82, 2.24) is 0 Å². The summed E-state index contributed by atoms with van der Waals surface area (Å²) in [5.41, 5.74) is 4.79. The summed E-state index contributed by atoms with van der Waals surface area (Å²) < 4.78 is 59.0. The van der Waals surface area contributed by atoms with Crippen molar-refractivity contribution in [2.45, 2.75) is 88.2 Å². The van der Waals surface area contributed by atoms with Crippen LogP contribution in [-0.2, 0) is 73.9 Å². The Bertz CT molecular complexity index is 1990. The van der Waals surface area contributed by atoms with Gasteiger partial charge in [0.1, 0.15) is 36.6 Å². The lowest BCUT2D eigenvalue weighted by atomic mass is 9.80. The van der Waals surface area contributed by atoms with E-state index in [9.17, 15) is 4.79 Å². The molecule has 2 heterocycles. The number of rotatable bonds is 17. The monoisotopic (exact) mass is 800 g/mol. The number of hydrogen-bond acceptors (Lipinski definition) is 10. The number of Topliss-reactive ketones (excluding diaryl/α,β-unsaturated/α-hetero) is 1. The van der Waals surface area contributed by atoms with Gasteiger partial charge < -0.3 is 42.6 Å². The largest absolute Gasteiger partial charge is 0.374 e. The SMILES string of the molecule is CO[C@H]1O[C@H](COCc2ccccc2)[C@@H](O[C@H]2C[C@@H]3CO[C@@H](c4ccccc4)O[C@H]3[C@H](OCc3ccccc3)C2=O)[C@H](OCc2ccccc2)[C@H]1OCc1ccccc1. The van der Waals surface area contributed by atoms with Crippen molar-refractivity contribution in [3.05, 3.63) is 179 Å². The van der Waals surface area contributed by atoms with Crippen LogP contribution in [0.1, 0.15) is 40.5 Å². The maximum Gasteiger partial charge on any atom is 0.192 e. The molecular weight excluding hydrogens is 749 g/mol. The lowest BCUT2D eigenvalue weighted by molar-refractivity contribution is -0.329. The number of ketones is 1. The molecule has 10 heteroatoms. The summed E-state index contributed by atoms with van der Waals surface area (Å²) in [4.78, 5) is 14.9. The molecule has 10 atom stereocenters. The van der Waals surface area contributed by atoms with Crippen LogP contribution >= 0.6 is 0 Å². The van der Waals surface area contributed by atoms with Crippen molar-refractivity contribution >= 4 is 5.78 Å². The zero-order chi connectivity index (χ0) is 40.2. The fraction of sp³-hybridized carbons (Fsp3) is 0.367. The summed E-state index contributed by atoms with van der Waals surface area (Å²) in [6, 6.07) is 49.4. The van der Waals surface area contributed by atoms with Gasteiger partial charge in [-0.05, 0) is 28.7 Å². The van der Waals surface area contributed by atoms with Gasteiger partial charge in [0, 0.05) is 18.6 Å². The Morgan fingerprint density at radius 2 is 1.08 bits per heavy atom. The van der Waals surface area contributed by atoms with Crippen LogP contribution in [0.2, 0.25) is 0 Å². The number of hydrogen-bond donors (Lipinski definition) is 0. The molecule has 59 heavy (non-hydrogen) atoms. The Morgan fingerprint density at radius 1 is 0.576 bits per heavy atom. The van der Waals surface area contributed by atoms with E-state index in [-0.39, 0.29) is 38.1 Å². The maximum atomic E-state index is 14.9. The minimum absolute atomic E-state index is 0.141. The van der Waals surface area contributed by atoms with Crippen LogP contribution in [0.25, 0.3) is 0 Å². The second-order valence-electron chi connectivity index (χ2n) is 15.2. The quantitative estimate of drug-likeness (QED) is 0.0927. The number of carbonyl (C=O) groups is 1. The lowest BCUT2D eigenvalue weighted by Crippen LogP contribution is -2.64. The number of carbonyl (C=O) groups excluding carboxylic acids is 1. The molecule has 1 aliphatic carbocycles. The van der Waals surface area contributed by atoms with E-state index in [2.05, 4.69) is 0 Å². The maximum absolute atomic E-state index is 14.9. The Hall–Kier alpha value is -4.59. The van der Waals surface area contributed by atoms with Crippen molar-refractivity contribution in [3.63, 3.8) is 0 Å². The fourth-order valence-corrected chi connectivity index (χ4v) is 8.02. The first-order chi connectivity index (χ1) is 29.1. The molecule has 0 N–H and O–H groups in total. The van der Waals surface area contributed by atoms with E-state index in [1.54, 1.807) is 7.11 Å². The molecule has 0 spiro atoms. The van der Waals surface area contributed by atoms with Crippen molar-refractivity contribution in [3.8, 4) is 0 Å². The van der Waals surface area contributed by atoms with Gasteiger partial charge in [-0.3, -0.25) is 4.79 Å². The fourth-order valence-electron chi connectivity index (χ4n) is 8.02. The minimum Gasteiger partial charge on any atom is -0.374 e. The summed E-state index contributed by atoms with van der Waals surface area (Å²) in [6.45, 7) is 1.62. The molecule has 5 aromatic carbocycles. The Kier molecular flexibility index (Phi) is 14.4. The van der Waals surface area contributed by atoms with E-state index < -0.39 is 55.3 Å². The highest BCUT2D eigenvalue weighted by Crippen LogP contribution is 2.40. The van der Waals surface area contributed by atoms with Gasteiger partial charge >= 0.3 is 0 Å². The van der Waals surface area contributed by atoms with Crippen LogP contribution in [0, 0.1) is 5.92 Å². The van der Waals surface area contributed by atoms with Crippen molar-refractivity contribution in [1.29, 1.82) is 0 Å². The molecule has 0 bridgehead atoms. The summed E-state index contributed by atoms with van der Waals surface area (Å²) in [7, 11) is 1.59. The predicted octanol–water partition coefficient (Wildman–Crippen LogP) is 7.79. The minimum atomic E-state index is -0.924. The summed E-state index contributed by atoms with van der Waals surface area (Å²) in [5.74, 6) is -0.409. The van der Waals surface area contributed by atoms with Crippen molar-refractivity contribution < 1.29 is 47.4 Å². The molecule has 5 aromatic rings. The Balaban J connectivity index is 1.10. The molecule has 10 nitrogen and oxygen atoms in total. The molecule has 3 fully saturated rings. The molecule has 8 rings (SSSR count). The van der Waals surface area contributed by atoms with Gasteiger partial charge in [-0.25, -0.2) is 0 Å². The third-order valence-electron chi connectivity index (χ3n) is 11.1. The molecule has 1 saturated carbocycles. The highest BCUT2D eigenvalue weighted by atomic mass is 16.7. The molecule has 2 aliphatic heterocycles. The standard InChI is InChI=1S/C49H52O10/c1-51-49-47(55-31-37-23-13-5-14-24-37)46(54-30-36-21-11-4-12-22-36)44(41(58-49)33-52-28-34-17-7-2-8-18-34)57-40-27-39-32-56-48(38-25-15-6-16-26-38)59-43(39)45(42(40)50)53-29-35-19-9-3-10-20-35/h2-26,39-41,43-49H,27-33H2,1H3/t39-,40+,41-,43-,44-,45-,46+,47-,48-,49+/m1/s1. The van der Waals surface area contributed by atoms with Gasteiger partial charge in [-0.1, -0.05) is 152 Å². The number of ether oxygens (including phenoxy) is 9. The third-order valence-corrected chi connectivity index (χ3v) is 11.1. The zero-order valence-corrected chi connectivity index (χ0v) is 33.2. The second-order valence-corrected chi connectivity index (χ2v) is 15.2. The molecule has 0 radical (unpaired) electrons. The van der Waals surface area contributed by atoms with Crippen molar-refractivity contribution in [2.75, 3.05) is 20.3 Å². The first kappa shape index (κ1) is 41.2. The lowest BCUT2D eigenvalue weighted by Gasteiger charge is -2.49. The van der Waals surface area contributed by atoms with Crippen LogP contribution < -0.4 is 0 Å². The van der Waals surface area contributed by atoms with Crippen LogP contribution in [-0.4, -0.2) is 75.1 Å². The van der Waals surface area contributed by atoms with Crippen LogP contribution in [0.15, 0.2) is 152 Å². The van der Waals surface area contributed by atoms with Crippen LogP contribution in [0.5, 0.6) is 0 Å². The molecule has 0 aromatic heterocycles. The number of benzene rings is 5. The van der Waals surface area contributed by atoms with Gasteiger partial charge in [0.2, 0.25) is 0 Å². The third kappa shape index (κ3) is 10.6. The van der Waals surface area contributed by atoms with E-state index in [0.29, 0.717) is 19.6 Å². The Morgan fingerprint density at radius 3 is 1.64 bits per heavy atom. The topological polar surface area (TPSA) is 100 Å². The molecule has 0 amide bonds. The second kappa shape index (κ2) is 20.6. The van der Waals surface area contributed by atoms with E-state index in [1.165, 1.54) is 0 Å². The predicted molar refractivity (Wildman–Crippen MR) is 219 cm³/mol. The van der Waals surface area contributed by atoms with Gasteiger partial charge in [-0.2, -0.15) is 0 Å². The highest BCUT2D eigenvalue weighted by molar-refractivity contribution is 5.89. The summed E-state index contributed by atoms with van der Waals surface area (Å²) >= 11 is 0. The van der Waals surface area contributed by atoms with Gasteiger partial charge in [0.15, 0.2) is 18.4 Å². The molecular formula is C49H52O10. The first-order valence-corrected chi connectivity index (χ1v) is 20.4. The normalized spacial score (nSPS) is 28.2. The molecule has 2 saturated heterocycles. The van der Waals surface area contributed by atoms with Gasteiger partial charge in [0.25, 0.3) is 0 Å². The summed E-state index contributed by atoms with van der Waals surface area (Å²) in [6.07, 6.45) is -6.48. The van der Waals surface area contributed by atoms with Crippen LogP contribution in [0.4, 0.5) is 0 Å².